The van der Waals surface area contributed by atoms with E-state index in [4.69, 9.17) is 15.7 Å². The number of nitrogens with zero attached hydrogens (tertiary/aromatic N) is 3. The zero-order valence-electron chi connectivity index (χ0n) is 11.6. The first-order valence-electron chi connectivity index (χ1n) is 6.28. The Labute approximate surface area is 117 Å². The standard InChI is InChI=1S/C14H17N5O/c1-10-11(9-15)14(19(2)18-10)17-7-8-20-13-6-4-3-5-12(13)16/h3-6,17H,7-8,16H2,1-2H3. The molecule has 6 heteroatoms. The molecule has 2 rings (SSSR count). The Hall–Kier alpha value is -2.68. The molecule has 0 saturated heterocycles. The fraction of sp³-hybridized carbons (Fsp3) is 0.286. The molecular weight excluding hydrogens is 254 g/mol. The molecule has 0 bridgehead atoms. The molecular formula is C14H17N5O. The zero-order valence-corrected chi connectivity index (χ0v) is 11.6. The number of para-hydroxylation sites is 2. The van der Waals surface area contributed by atoms with Crippen molar-refractivity contribution in [3.8, 4) is 11.8 Å². The van der Waals surface area contributed by atoms with Crippen molar-refractivity contribution in [2.75, 3.05) is 24.2 Å². The summed E-state index contributed by atoms with van der Waals surface area (Å²) in [6, 6.07) is 9.49. The summed E-state index contributed by atoms with van der Waals surface area (Å²) in [6.07, 6.45) is 0. The highest BCUT2D eigenvalue weighted by atomic mass is 16.5. The summed E-state index contributed by atoms with van der Waals surface area (Å²) in [5.41, 5.74) is 7.67. The maximum absolute atomic E-state index is 9.09. The van der Waals surface area contributed by atoms with Crippen LogP contribution >= 0.6 is 0 Å². The minimum Gasteiger partial charge on any atom is -0.490 e. The summed E-state index contributed by atoms with van der Waals surface area (Å²) >= 11 is 0. The van der Waals surface area contributed by atoms with Crippen LogP contribution in [0.4, 0.5) is 11.5 Å². The largest absolute Gasteiger partial charge is 0.490 e. The van der Waals surface area contributed by atoms with Crippen LogP contribution < -0.4 is 15.8 Å². The Bertz CT molecular complexity index is 641. The van der Waals surface area contributed by atoms with Crippen molar-refractivity contribution in [2.24, 2.45) is 7.05 Å². The summed E-state index contributed by atoms with van der Waals surface area (Å²) in [7, 11) is 1.80. The number of aryl methyl sites for hydroxylation is 2. The first-order valence-corrected chi connectivity index (χ1v) is 6.28. The van der Waals surface area contributed by atoms with E-state index in [2.05, 4.69) is 16.5 Å². The van der Waals surface area contributed by atoms with Crippen LogP contribution in [0.25, 0.3) is 0 Å². The lowest BCUT2D eigenvalue weighted by molar-refractivity contribution is 0.334. The fourth-order valence-electron chi connectivity index (χ4n) is 1.94. The molecule has 0 fully saturated rings. The Morgan fingerprint density at radius 2 is 2.20 bits per heavy atom. The maximum Gasteiger partial charge on any atom is 0.142 e. The number of nitrogens with two attached hydrogens (primary N) is 1. The van der Waals surface area contributed by atoms with E-state index in [9.17, 15) is 0 Å². The molecule has 6 nitrogen and oxygen atoms in total. The van der Waals surface area contributed by atoms with Crippen LogP contribution in [0.5, 0.6) is 5.75 Å². The van der Waals surface area contributed by atoms with Gasteiger partial charge in [-0.3, -0.25) is 4.68 Å². The molecule has 0 aliphatic carbocycles. The monoisotopic (exact) mass is 271 g/mol. The topological polar surface area (TPSA) is 88.9 Å². The molecule has 0 saturated carbocycles. The highest BCUT2D eigenvalue weighted by Crippen LogP contribution is 2.20. The molecule has 0 aliphatic rings. The number of rotatable bonds is 5. The van der Waals surface area contributed by atoms with E-state index in [0.29, 0.717) is 41.7 Å². The number of hydrogen-bond donors (Lipinski definition) is 2. The minimum atomic E-state index is 0.448. The molecule has 3 N–H and O–H groups in total. The van der Waals surface area contributed by atoms with Crippen LogP contribution in [0, 0.1) is 18.3 Å². The van der Waals surface area contributed by atoms with Crippen LogP contribution in [0.15, 0.2) is 24.3 Å². The lowest BCUT2D eigenvalue weighted by Crippen LogP contribution is -2.14. The van der Waals surface area contributed by atoms with E-state index in [-0.39, 0.29) is 0 Å². The summed E-state index contributed by atoms with van der Waals surface area (Å²) in [6.45, 7) is 2.82. The van der Waals surface area contributed by atoms with Crippen LogP contribution in [0.2, 0.25) is 0 Å². The van der Waals surface area contributed by atoms with Crippen molar-refractivity contribution in [3.05, 3.63) is 35.5 Å². The summed E-state index contributed by atoms with van der Waals surface area (Å²) in [4.78, 5) is 0. The average Bonchev–Trinajstić information content (AvgIpc) is 2.70. The van der Waals surface area contributed by atoms with Gasteiger partial charge in [0.2, 0.25) is 0 Å². The number of ether oxygens (including phenoxy) is 1. The summed E-state index contributed by atoms with van der Waals surface area (Å²) < 4.78 is 7.24. The molecule has 0 radical (unpaired) electrons. The Kier molecular flexibility index (Phi) is 4.11. The van der Waals surface area contributed by atoms with Gasteiger partial charge in [-0.2, -0.15) is 10.4 Å². The second-order valence-corrected chi connectivity index (χ2v) is 4.36. The third-order valence-corrected chi connectivity index (χ3v) is 2.91. The fourth-order valence-corrected chi connectivity index (χ4v) is 1.94. The van der Waals surface area contributed by atoms with Crippen molar-refractivity contribution in [1.29, 1.82) is 5.26 Å². The van der Waals surface area contributed by atoms with E-state index in [1.807, 2.05) is 25.1 Å². The van der Waals surface area contributed by atoms with Crippen LogP contribution in [-0.2, 0) is 7.05 Å². The summed E-state index contributed by atoms with van der Waals surface area (Å²) in [5, 5.41) is 16.5. The third kappa shape index (κ3) is 2.83. The van der Waals surface area contributed by atoms with Gasteiger partial charge in [0.25, 0.3) is 0 Å². The minimum absolute atomic E-state index is 0.448. The SMILES string of the molecule is Cc1nn(C)c(NCCOc2ccccc2N)c1C#N. The van der Waals surface area contributed by atoms with Crippen LogP contribution in [-0.4, -0.2) is 22.9 Å². The van der Waals surface area contributed by atoms with E-state index in [1.54, 1.807) is 17.8 Å². The smallest absolute Gasteiger partial charge is 0.142 e. The van der Waals surface area contributed by atoms with E-state index < -0.39 is 0 Å². The van der Waals surface area contributed by atoms with Crippen LogP contribution in [0.1, 0.15) is 11.3 Å². The highest BCUT2D eigenvalue weighted by molar-refractivity contribution is 5.55. The quantitative estimate of drug-likeness (QED) is 0.638. The van der Waals surface area contributed by atoms with Crippen molar-refractivity contribution in [1.82, 2.24) is 9.78 Å². The van der Waals surface area contributed by atoms with Gasteiger partial charge in [-0.05, 0) is 19.1 Å². The van der Waals surface area contributed by atoms with Gasteiger partial charge >= 0.3 is 0 Å². The lowest BCUT2D eigenvalue weighted by Gasteiger charge is -2.10. The normalized spacial score (nSPS) is 10.1. The number of aromatic nitrogens is 2. The number of nitrogen functional groups attached to an aromatic ring is 1. The lowest BCUT2D eigenvalue weighted by atomic mass is 10.2. The molecule has 1 heterocycles. The van der Waals surface area contributed by atoms with Crippen molar-refractivity contribution in [3.63, 3.8) is 0 Å². The first-order chi connectivity index (χ1) is 9.63. The molecule has 0 aliphatic heterocycles. The van der Waals surface area contributed by atoms with Gasteiger partial charge in [-0.1, -0.05) is 12.1 Å². The number of nitrogens with one attached hydrogen (secondary N) is 1. The molecule has 1 aromatic heterocycles. The Morgan fingerprint density at radius 1 is 1.45 bits per heavy atom. The van der Waals surface area contributed by atoms with Crippen molar-refractivity contribution >= 4 is 11.5 Å². The Morgan fingerprint density at radius 3 is 2.90 bits per heavy atom. The maximum atomic E-state index is 9.09. The first kappa shape index (κ1) is 13.7. The molecule has 0 atom stereocenters. The summed E-state index contributed by atoms with van der Waals surface area (Å²) in [5.74, 6) is 1.37. The molecule has 0 amide bonds. The Balaban J connectivity index is 1.91. The molecule has 104 valence electrons. The highest BCUT2D eigenvalue weighted by Gasteiger charge is 2.11. The van der Waals surface area contributed by atoms with Crippen molar-refractivity contribution < 1.29 is 4.74 Å². The third-order valence-electron chi connectivity index (χ3n) is 2.91. The van der Waals surface area contributed by atoms with Gasteiger partial charge in [0.1, 0.15) is 29.8 Å². The average molecular weight is 271 g/mol. The van der Waals surface area contributed by atoms with Gasteiger partial charge in [-0.25, -0.2) is 0 Å². The van der Waals surface area contributed by atoms with Gasteiger partial charge in [-0.15, -0.1) is 0 Å². The van der Waals surface area contributed by atoms with E-state index in [0.717, 1.165) is 0 Å². The number of nitriles is 1. The van der Waals surface area contributed by atoms with Gasteiger partial charge < -0.3 is 15.8 Å². The zero-order chi connectivity index (χ0) is 14.5. The van der Waals surface area contributed by atoms with Crippen LogP contribution in [0.3, 0.4) is 0 Å². The van der Waals surface area contributed by atoms with Gasteiger partial charge in [0.15, 0.2) is 0 Å². The predicted molar refractivity (Wildman–Crippen MR) is 77.5 cm³/mol. The van der Waals surface area contributed by atoms with Gasteiger partial charge in [0.05, 0.1) is 17.9 Å². The van der Waals surface area contributed by atoms with Gasteiger partial charge in [0, 0.05) is 7.05 Å². The number of hydrogen-bond acceptors (Lipinski definition) is 5. The predicted octanol–water partition coefficient (Wildman–Crippen LogP) is 1.67. The second-order valence-electron chi connectivity index (χ2n) is 4.36. The van der Waals surface area contributed by atoms with E-state index >= 15 is 0 Å². The number of anilines is 2. The molecule has 1 aromatic carbocycles. The molecule has 20 heavy (non-hydrogen) atoms. The van der Waals surface area contributed by atoms with E-state index in [1.165, 1.54) is 0 Å². The molecule has 0 spiro atoms. The van der Waals surface area contributed by atoms with Crippen molar-refractivity contribution in [2.45, 2.75) is 6.92 Å². The molecule has 0 unspecified atom stereocenters. The second kappa shape index (κ2) is 5.97. The number of benzene rings is 1. The molecule has 2 aromatic rings.